The molecule has 0 aliphatic heterocycles. The Kier molecular flexibility index (Phi) is 4.28. The van der Waals surface area contributed by atoms with Crippen LogP contribution in [0.3, 0.4) is 0 Å². The van der Waals surface area contributed by atoms with Crippen molar-refractivity contribution < 1.29 is 22.7 Å². The molecule has 1 aromatic heterocycles. The molecule has 88 valence electrons. The second-order valence-corrected chi connectivity index (χ2v) is 3.50. The molecular weight excluding hydrogens is 291 g/mol. The molecule has 0 saturated carbocycles. The van der Waals surface area contributed by atoms with Gasteiger partial charge in [0.05, 0.1) is 16.6 Å². The van der Waals surface area contributed by atoms with Gasteiger partial charge in [-0.1, -0.05) is 0 Å². The second kappa shape index (κ2) is 5.29. The molecule has 0 unspecified atom stereocenters. The van der Waals surface area contributed by atoms with E-state index in [1.54, 1.807) is 6.92 Å². The lowest BCUT2D eigenvalue weighted by molar-refractivity contribution is 0.0523. The van der Waals surface area contributed by atoms with Crippen LogP contribution >= 0.6 is 15.9 Å². The molecule has 0 amide bonds. The Hall–Kier alpha value is -1.11. The van der Waals surface area contributed by atoms with E-state index in [1.807, 2.05) is 0 Å². The van der Waals surface area contributed by atoms with Crippen LogP contribution in [-0.2, 0) is 4.74 Å². The van der Waals surface area contributed by atoms with Crippen LogP contribution in [0.5, 0.6) is 0 Å². The Morgan fingerprint density at radius 3 is 2.75 bits per heavy atom. The summed E-state index contributed by atoms with van der Waals surface area (Å²) in [5.41, 5.74) is -1.22. The number of esters is 1. The van der Waals surface area contributed by atoms with E-state index < -0.39 is 23.9 Å². The average Bonchev–Trinajstić information content (AvgIpc) is 2.21. The third-order valence-corrected chi connectivity index (χ3v) is 2.46. The predicted molar refractivity (Wildman–Crippen MR) is 52.8 cm³/mol. The zero-order valence-corrected chi connectivity index (χ0v) is 9.72. The monoisotopic (exact) mass is 297 g/mol. The van der Waals surface area contributed by atoms with Crippen LogP contribution in [-0.4, -0.2) is 17.6 Å². The lowest BCUT2D eigenvalue weighted by Gasteiger charge is -2.07. The maximum absolute atomic E-state index is 13.3. The Bertz CT molecular complexity index is 412. The third kappa shape index (κ3) is 2.52. The summed E-state index contributed by atoms with van der Waals surface area (Å²) in [6.07, 6.45) is -2.18. The molecule has 0 aromatic carbocycles. The fourth-order valence-corrected chi connectivity index (χ4v) is 1.45. The van der Waals surface area contributed by atoms with Gasteiger partial charge in [-0.2, -0.15) is 0 Å². The Labute approximate surface area is 97.8 Å². The molecular formula is C9H7BrF3NO2. The zero-order valence-electron chi connectivity index (χ0n) is 8.14. The fourth-order valence-electron chi connectivity index (χ4n) is 0.981. The van der Waals surface area contributed by atoms with E-state index in [9.17, 15) is 18.0 Å². The molecule has 0 atom stereocenters. The fraction of sp³-hybridized carbons (Fsp3) is 0.333. The summed E-state index contributed by atoms with van der Waals surface area (Å²) in [7, 11) is 0. The van der Waals surface area contributed by atoms with Crippen molar-refractivity contribution in [3.8, 4) is 0 Å². The first-order valence-corrected chi connectivity index (χ1v) is 5.07. The predicted octanol–water partition coefficient (Wildman–Crippen LogP) is 3.10. The highest BCUT2D eigenvalue weighted by Crippen LogP contribution is 2.28. The summed E-state index contributed by atoms with van der Waals surface area (Å²) in [5.74, 6) is -2.07. The molecule has 0 spiro atoms. The minimum absolute atomic E-state index is 0.101. The zero-order chi connectivity index (χ0) is 12.3. The molecule has 0 radical (unpaired) electrons. The van der Waals surface area contributed by atoms with Gasteiger partial charge in [-0.15, -0.1) is 0 Å². The summed E-state index contributed by atoms with van der Waals surface area (Å²) < 4.78 is 42.1. The van der Waals surface area contributed by atoms with E-state index in [-0.39, 0.29) is 16.6 Å². The molecule has 0 aliphatic rings. The van der Waals surface area contributed by atoms with Crippen molar-refractivity contribution in [3.63, 3.8) is 0 Å². The highest BCUT2D eigenvalue weighted by atomic mass is 79.9. The summed E-state index contributed by atoms with van der Waals surface area (Å²) >= 11 is 2.72. The van der Waals surface area contributed by atoms with Gasteiger partial charge in [0.25, 0.3) is 6.43 Å². The van der Waals surface area contributed by atoms with Crippen LogP contribution in [0, 0.1) is 5.82 Å². The third-order valence-electron chi connectivity index (χ3n) is 1.69. The van der Waals surface area contributed by atoms with Crippen LogP contribution in [0.25, 0.3) is 0 Å². The quantitative estimate of drug-likeness (QED) is 0.805. The average molecular weight is 298 g/mol. The molecule has 0 bridgehead atoms. The number of carbonyl (C=O) groups is 1. The summed E-state index contributed by atoms with van der Waals surface area (Å²) in [6, 6.07) is 0. The van der Waals surface area contributed by atoms with Gasteiger partial charge in [0.2, 0.25) is 0 Å². The van der Waals surface area contributed by atoms with Crippen molar-refractivity contribution in [2.45, 2.75) is 13.3 Å². The van der Waals surface area contributed by atoms with Gasteiger partial charge in [-0.25, -0.2) is 18.0 Å². The molecule has 1 aromatic rings. The largest absolute Gasteiger partial charge is 0.462 e. The maximum Gasteiger partial charge on any atom is 0.340 e. The number of aromatic nitrogens is 1. The van der Waals surface area contributed by atoms with Gasteiger partial charge in [-0.05, 0) is 22.9 Å². The summed E-state index contributed by atoms with van der Waals surface area (Å²) in [4.78, 5) is 14.4. The van der Waals surface area contributed by atoms with E-state index in [0.29, 0.717) is 0 Å². The molecule has 0 aliphatic carbocycles. The molecule has 0 saturated heterocycles. The summed E-state index contributed by atoms with van der Waals surface area (Å²) in [6.45, 7) is 1.67. The maximum atomic E-state index is 13.3. The van der Waals surface area contributed by atoms with E-state index in [1.165, 1.54) is 0 Å². The van der Waals surface area contributed by atoms with Crippen molar-refractivity contribution in [2.24, 2.45) is 0 Å². The van der Waals surface area contributed by atoms with E-state index >= 15 is 0 Å². The minimum Gasteiger partial charge on any atom is -0.462 e. The van der Waals surface area contributed by atoms with Gasteiger partial charge < -0.3 is 4.74 Å². The number of alkyl halides is 2. The van der Waals surface area contributed by atoms with Crippen LogP contribution in [0.4, 0.5) is 13.2 Å². The van der Waals surface area contributed by atoms with Crippen molar-refractivity contribution in [1.82, 2.24) is 4.98 Å². The van der Waals surface area contributed by atoms with E-state index in [2.05, 4.69) is 25.7 Å². The van der Waals surface area contributed by atoms with Gasteiger partial charge in [0.1, 0.15) is 5.69 Å². The summed E-state index contributed by atoms with van der Waals surface area (Å²) in [5, 5.41) is 0. The van der Waals surface area contributed by atoms with Crippen molar-refractivity contribution in [3.05, 3.63) is 27.7 Å². The molecule has 1 heterocycles. The number of hydrogen-bond donors (Lipinski definition) is 0. The lowest BCUT2D eigenvalue weighted by atomic mass is 10.2. The number of pyridine rings is 1. The number of carbonyl (C=O) groups excluding carboxylic acids is 1. The van der Waals surface area contributed by atoms with Crippen LogP contribution in [0.15, 0.2) is 10.7 Å². The molecule has 3 nitrogen and oxygen atoms in total. The topological polar surface area (TPSA) is 39.2 Å². The molecule has 1 rings (SSSR count). The number of hydrogen-bond acceptors (Lipinski definition) is 3. The van der Waals surface area contributed by atoms with E-state index in [0.717, 1.165) is 6.20 Å². The molecule has 7 heteroatoms. The first kappa shape index (κ1) is 13.0. The normalized spacial score (nSPS) is 10.6. The minimum atomic E-state index is -3.03. The SMILES string of the molecule is CCOC(=O)c1cnc(C(F)F)c(F)c1Br. The molecule has 16 heavy (non-hydrogen) atoms. The van der Waals surface area contributed by atoms with Gasteiger partial charge >= 0.3 is 5.97 Å². The lowest BCUT2D eigenvalue weighted by Crippen LogP contribution is -2.09. The van der Waals surface area contributed by atoms with Crippen molar-refractivity contribution in [1.29, 1.82) is 0 Å². The van der Waals surface area contributed by atoms with Crippen LogP contribution < -0.4 is 0 Å². The van der Waals surface area contributed by atoms with E-state index in [4.69, 9.17) is 0 Å². The first-order valence-electron chi connectivity index (χ1n) is 4.28. The Morgan fingerprint density at radius 2 is 2.25 bits per heavy atom. The molecule has 0 fully saturated rings. The second-order valence-electron chi connectivity index (χ2n) is 2.71. The first-order chi connectivity index (χ1) is 7.49. The number of nitrogens with zero attached hydrogens (tertiary/aromatic N) is 1. The van der Waals surface area contributed by atoms with Crippen LogP contribution in [0.1, 0.15) is 29.4 Å². The van der Waals surface area contributed by atoms with Gasteiger partial charge in [-0.3, -0.25) is 4.98 Å². The Balaban J connectivity index is 3.16. The molecule has 0 N–H and O–H groups in total. The standard InChI is InChI=1S/C9H7BrF3NO2/c1-2-16-9(15)4-3-14-7(8(12)13)6(11)5(4)10/h3,8H,2H2,1H3. The number of rotatable bonds is 3. The highest BCUT2D eigenvalue weighted by Gasteiger charge is 2.23. The number of ether oxygens (including phenoxy) is 1. The Morgan fingerprint density at radius 1 is 1.62 bits per heavy atom. The van der Waals surface area contributed by atoms with Gasteiger partial charge in [0.15, 0.2) is 5.82 Å². The van der Waals surface area contributed by atoms with Crippen molar-refractivity contribution in [2.75, 3.05) is 6.61 Å². The van der Waals surface area contributed by atoms with Gasteiger partial charge in [0, 0.05) is 6.20 Å². The highest BCUT2D eigenvalue weighted by molar-refractivity contribution is 9.10. The van der Waals surface area contributed by atoms with Crippen LogP contribution in [0.2, 0.25) is 0 Å². The van der Waals surface area contributed by atoms with Crippen molar-refractivity contribution >= 4 is 21.9 Å². The smallest absolute Gasteiger partial charge is 0.340 e. The number of halogens is 4.